The van der Waals surface area contributed by atoms with Crippen LogP contribution in [-0.2, 0) is 14.4 Å². The highest BCUT2D eigenvalue weighted by Gasteiger charge is 2.69. The number of hydrogen-bond acceptors (Lipinski definition) is 5. The number of carboxylic acid groups (broad SMARTS) is 1. The molecule has 0 spiro atoms. The molecule has 6 atom stereocenters. The van der Waals surface area contributed by atoms with Crippen molar-refractivity contribution < 1.29 is 29.4 Å². The normalized spacial score (nSPS) is 29.0. The van der Waals surface area contributed by atoms with Crippen molar-refractivity contribution in [3.63, 3.8) is 0 Å². The molecule has 0 aromatic carbocycles. The molecule has 3 rings (SSSR count). The fourth-order valence-electron chi connectivity index (χ4n) is 5.08. The van der Waals surface area contributed by atoms with Gasteiger partial charge in [-0.15, -0.1) is 0 Å². The fraction of sp³-hybridized carbons (Fsp3) is 0.810. The molecule has 0 aromatic heterocycles. The zero-order valence-corrected chi connectivity index (χ0v) is 18.5. The molecule has 1 saturated heterocycles. The van der Waals surface area contributed by atoms with Gasteiger partial charge in [-0.2, -0.15) is 0 Å². The first-order valence-electron chi connectivity index (χ1n) is 10.9. The van der Waals surface area contributed by atoms with E-state index in [0.29, 0.717) is 18.9 Å². The standard InChI is InChI=1S/C21H34N4O6/c1-9(2)14(24-20(30)31)19(29)25-8-11-13(21(11,3)4)15(25)18(28)23-12(7-10-5-6-10)16(26)17(22)27/h9-16,24,26H,5-8H2,1-4H3,(H2,22,27)(H,23,28)(H,30,31)/t11-,12?,13+,14-,15-,16?/m0/s1. The molecule has 0 aromatic rings. The van der Waals surface area contributed by atoms with Crippen LogP contribution >= 0.6 is 0 Å². The SMILES string of the molecule is CC(C)[C@H](NC(=O)O)C(=O)N1C[C@H]2[C@H]([C@H]1C(=O)NC(CC1CC1)C(O)C(N)=O)C2(C)C. The molecule has 1 heterocycles. The van der Waals surface area contributed by atoms with Crippen molar-refractivity contribution in [3.05, 3.63) is 0 Å². The first kappa shape index (κ1) is 23.3. The number of amides is 4. The average Bonchev–Trinajstić information content (AvgIpc) is 3.51. The highest BCUT2D eigenvalue weighted by atomic mass is 16.4. The van der Waals surface area contributed by atoms with E-state index in [4.69, 9.17) is 10.8 Å². The molecule has 0 bridgehead atoms. The summed E-state index contributed by atoms with van der Waals surface area (Å²) in [5.74, 6) is -1.67. The lowest BCUT2D eigenvalue weighted by atomic mass is 9.96. The number of rotatable bonds is 9. The van der Waals surface area contributed by atoms with Crippen LogP contribution in [0.1, 0.15) is 47.0 Å². The molecular formula is C21H34N4O6. The average molecular weight is 439 g/mol. The van der Waals surface area contributed by atoms with Gasteiger partial charge in [0.1, 0.15) is 12.1 Å². The van der Waals surface area contributed by atoms with Gasteiger partial charge < -0.3 is 31.5 Å². The predicted molar refractivity (Wildman–Crippen MR) is 111 cm³/mol. The van der Waals surface area contributed by atoms with Crippen LogP contribution in [0.4, 0.5) is 4.79 Å². The first-order valence-corrected chi connectivity index (χ1v) is 10.9. The topological polar surface area (TPSA) is 162 Å². The second kappa shape index (κ2) is 8.29. The van der Waals surface area contributed by atoms with Crippen LogP contribution in [0.15, 0.2) is 0 Å². The van der Waals surface area contributed by atoms with Gasteiger partial charge in [0.15, 0.2) is 6.10 Å². The number of carbonyl (C=O) groups excluding carboxylic acids is 3. The van der Waals surface area contributed by atoms with E-state index in [-0.39, 0.29) is 23.2 Å². The molecule has 10 heteroatoms. The molecule has 4 amide bonds. The van der Waals surface area contributed by atoms with Gasteiger partial charge in [0.2, 0.25) is 17.7 Å². The van der Waals surface area contributed by atoms with Gasteiger partial charge in [-0.25, -0.2) is 4.79 Å². The molecule has 2 aliphatic carbocycles. The van der Waals surface area contributed by atoms with Crippen LogP contribution in [0.25, 0.3) is 0 Å². The Balaban J connectivity index is 1.80. The molecule has 1 aliphatic heterocycles. The van der Waals surface area contributed by atoms with E-state index in [1.807, 2.05) is 13.8 Å². The number of nitrogens with one attached hydrogen (secondary N) is 2. The molecule has 0 radical (unpaired) electrons. The van der Waals surface area contributed by atoms with Gasteiger partial charge in [0.05, 0.1) is 6.04 Å². The first-order chi connectivity index (χ1) is 14.4. The van der Waals surface area contributed by atoms with E-state index >= 15 is 0 Å². The van der Waals surface area contributed by atoms with E-state index in [0.717, 1.165) is 12.8 Å². The number of piperidine rings is 1. The summed E-state index contributed by atoms with van der Waals surface area (Å²) < 4.78 is 0. The largest absolute Gasteiger partial charge is 0.465 e. The summed E-state index contributed by atoms with van der Waals surface area (Å²) in [4.78, 5) is 50.8. The summed E-state index contributed by atoms with van der Waals surface area (Å²) in [6.07, 6.45) is -0.411. The fourth-order valence-corrected chi connectivity index (χ4v) is 5.08. The lowest BCUT2D eigenvalue weighted by Crippen LogP contribution is -2.59. The number of nitrogens with zero attached hydrogens (tertiary/aromatic N) is 1. The Morgan fingerprint density at radius 2 is 1.77 bits per heavy atom. The zero-order valence-electron chi connectivity index (χ0n) is 18.5. The Labute approximate surface area is 181 Å². The predicted octanol–water partition coefficient (Wildman–Crippen LogP) is -0.107. The minimum absolute atomic E-state index is 0.0682. The number of carbonyl (C=O) groups is 4. The number of aliphatic hydroxyl groups is 1. The van der Waals surface area contributed by atoms with Gasteiger partial charge in [-0.3, -0.25) is 14.4 Å². The maximum atomic E-state index is 13.3. The summed E-state index contributed by atoms with van der Waals surface area (Å²) in [5.41, 5.74) is 5.14. The van der Waals surface area contributed by atoms with E-state index in [2.05, 4.69) is 10.6 Å². The molecule has 6 N–H and O–H groups in total. The molecular weight excluding hydrogens is 404 g/mol. The van der Waals surface area contributed by atoms with Crippen LogP contribution in [0, 0.1) is 29.1 Å². The van der Waals surface area contributed by atoms with Crippen molar-refractivity contribution in [2.75, 3.05) is 6.54 Å². The summed E-state index contributed by atoms with van der Waals surface area (Å²) in [6, 6.07) is -2.56. The smallest absolute Gasteiger partial charge is 0.405 e. The maximum Gasteiger partial charge on any atom is 0.405 e. The zero-order chi connectivity index (χ0) is 23.2. The molecule has 2 saturated carbocycles. The van der Waals surface area contributed by atoms with Gasteiger partial charge >= 0.3 is 6.09 Å². The monoisotopic (exact) mass is 438 g/mol. The third-order valence-electron chi connectivity index (χ3n) is 7.26. The number of fused-ring (bicyclic) bond motifs is 1. The van der Waals surface area contributed by atoms with E-state index in [1.54, 1.807) is 13.8 Å². The van der Waals surface area contributed by atoms with Crippen molar-refractivity contribution in [3.8, 4) is 0 Å². The lowest BCUT2D eigenvalue weighted by Gasteiger charge is -2.35. The molecule has 31 heavy (non-hydrogen) atoms. The van der Waals surface area contributed by atoms with E-state index in [1.165, 1.54) is 4.90 Å². The van der Waals surface area contributed by atoms with E-state index < -0.39 is 48.0 Å². The number of nitrogens with two attached hydrogens (primary N) is 1. The summed E-state index contributed by atoms with van der Waals surface area (Å²) >= 11 is 0. The summed E-state index contributed by atoms with van der Waals surface area (Å²) in [7, 11) is 0. The quantitative estimate of drug-likeness (QED) is 0.337. The van der Waals surface area contributed by atoms with Crippen LogP contribution in [0.2, 0.25) is 0 Å². The number of likely N-dealkylation sites (tertiary alicyclic amines) is 1. The van der Waals surface area contributed by atoms with Gasteiger partial charge in [0, 0.05) is 6.54 Å². The second-order valence-corrected chi connectivity index (χ2v) is 10.2. The Kier molecular flexibility index (Phi) is 6.23. The van der Waals surface area contributed by atoms with Crippen LogP contribution in [0.5, 0.6) is 0 Å². The number of aliphatic hydroxyl groups excluding tert-OH is 1. The molecule has 3 aliphatic rings. The Morgan fingerprint density at radius 3 is 2.26 bits per heavy atom. The van der Waals surface area contributed by atoms with Crippen LogP contribution in [0.3, 0.4) is 0 Å². The van der Waals surface area contributed by atoms with Gasteiger partial charge in [0.25, 0.3) is 0 Å². The maximum absolute atomic E-state index is 13.3. The van der Waals surface area contributed by atoms with E-state index in [9.17, 15) is 24.3 Å². The number of primary amides is 1. The Bertz CT molecular complexity index is 765. The molecule has 3 fully saturated rings. The van der Waals surface area contributed by atoms with Gasteiger partial charge in [-0.1, -0.05) is 40.5 Å². The number of hydrogen-bond donors (Lipinski definition) is 5. The highest BCUT2D eigenvalue weighted by Crippen LogP contribution is 2.65. The highest BCUT2D eigenvalue weighted by molar-refractivity contribution is 5.93. The Morgan fingerprint density at radius 1 is 1.16 bits per heavy atom. The van der Waals surface area contributed by atoms with Crippen molar-refractivity contribution in [2.24, 2.45) is 34.8 Å². The lowest BCUT2D eigenvalue weighted by molar-refractivity contribution is -0.143. The molecule has 174 valence electrons. The minimum atomic E-state index is -1.50. The van der Waals surface area contributed by atoms with Crippen molar-refractivity contribution in [1.82, 2.24) is 15.5 Å². The van der Waals surface area contributed by atoms with Crippen molar-refractivity contribution in [1.29, 1.82) is 0 Å². The molecule has 2 unspecified atom stereocenters. The van der Waals surface area contributed by atoms with Crippen molar-refractivity contribution in [2.45, 2.75) is 71.2 Å². The van der Waals surface area contributed by atoms with Crippen LogP contribution in [-0.4, -0.2) is 69.7 Å². The summed E-state index contributed by atoms with van der Waals surface area (Å²) in [5, 5.41) is 24.4. The minimum Gasteiger partial charge on any atom is -0.465 e. The van der Waals surface area contributed by atoms with Gasteiger partial charge in [-0.05, 0) is 35.5 Å². The van der Waals surface area contributed by atoms with Crippen LogP contribution < -0.4 is 16.4 Å². The van der Waals surface area contributed by atoms with Crippen molar-refractivity contribution >= 4 is 23.8 Å². The third kappa shape index (κ3) is 4.63. The molecule has 10 nitrogen and oxygen atoms in total. The second-order valence-electron chi connectivity index (χ2n) is 10.2. The third-order valence-corrected chi connectivity index (χ3v) is 7.26. The Hall–Kier alpha value is -2.36. The summed E-state index contributed by atoms with van der Waals surface area (Å²) in [6.45, 7) is 7.93.